The fourth-order valence-corrected chi connectivity index (χ4v) is 3.25. The number of hydrogen-bond donors (Lipinski definition) is 2. The average Bonchev–Trinajstić information content (AvgIpc) is 2.46. The smallest absolute Gasteiger partial charge is 0.422 e. The minimum absolute atomic E-state index is 0.0694. The van der Waals surface area contributed by atoms with Gasteiger partial charge in [-0.15, -0.1) is 0 Å². The molecule has 2 rings (SSSR count). The standard InChI is InChI=1S/C16H20BrN3O5S/c1-16(2,3)25-15(22)19-26(23,24)18-7-9-20-8-6-11-10-12(17)4-5-13(11)14(20)21/h4-6,8,10,18H,7,9H2,1-3H3,(H,19,22). The van der Waals surface area contributed by atoms with Gasteiger partial charge in [-0.2, -0.15) is 13.1 Å². The van der Waals surface area contributed by atoms with E-state index in [-0.39, 0.29) is 18.6 Å². The monoisotopic (exact) mass is 445 g/mol. The molecule has 10 heteroatoms. The summed E-state index contributed by atoms with van der Waals surface area (Å²) in [5.74, 6) is 0. The average molecular weight is 446 g/mol. The lowest BCUT2D eigenvalue weighted by molar-refractivity contribution is 0.0569. The van der Waals surface area contributed by atoms with Crippen molar-refractivity contribution in [3.8, 4) is 0 Å². The Balaban J connectivity index is 2.00. The van der Waals surface area contributed by atoms with Crippen molar-refractivity contribution < 1.29 is 17.9 Å². The number of fused-ring (bicyclic) bond motifs is 1. The third-order valence-corrected chi connectivity index (χ3v) is 4.71. The second-order valence-electron chi connectivity index (χ2n) is 6.55. The number of nitrogens with zero attached hydrogens (tertiary/aromatic N) is 1. The molecule has 26 heavy (non-hydrogen) atoms. The van der Waals surface area contributed by atoms with Gasteiger partial charge < -0.3 is 9.30 Å². The van der Waals surface area contributed by atoms with Crippen LogP contribution in [-0.2, 0) is 21.5 Å². The van der Waals surface area contributed by atoms with Gasteiger partial charge in [0, 0.05) is 29.1 Å². The molecule has 1 amide bonds. The van der Waals surface area contributed by atoms with E-state index >= 15 is 0 Å². The molecule has 2 aromatic rings. The van der Waals surface area contributed by atoms with Crippen molar-refractivity contribution in [1.82, 2.24) is 14.0 Å². The normalized spacial score (nSPS) is 12.2. The van der Waals surface area contributed by atoms with Gasteiger partial charge in [-0.3, -0.25) is 4.79 Å². The Labute approximate surface area is 159 Å². The van der Waals surface area contributed by atoms with E-state index in [1.807, 2.05) is 6.07 Å². The molecule has 2 N–H and O–H groups in total. The third-order valence-electron chi connectivity index (χ3n) is 3.20. The molecule has 0 radical (unpaired) electrons. The molecule has 0 spiro atoms. The van der Waals surface area contributed by atoms with Gasteiger partial charge in [-0.05, 0) is 50.4 Å². The van der Waals surface area contributed by atoms with Crippen LogP contribution in [0.4, 0.5) is 4.79 Å². The maximum Gasteiger partial charge on any atom is 0.422 e. The molecule has 0 aliphatic heterocycles. The van der Waals surface area contributed by atoms with Crippen molar-refractivity contribution in [2.45, 2.75) is 32.9 Å². The predicted molar refractivity (Wildman–Crippen MR) is 102 cm³/mol. The van der Waals surface area contributed by atoms with Crippen molar-refractivity contribution >= 4 is 43.0 Å². The Morgan fingerprint density at radius 2 is 1.96 bits per heavy atom. The van der Waals surface area contributed by atoms with Crippen molar-refractivity contribution in [1.29, 1.82) is 0 Å². The number of carbonyl (C=O) groups excluding carboxylic acids is 1. The molecule has 0 aliphatic carbocycles. The van der Waals surface area contributed by atoms with Gasteiger partial charge in [0.1, 0.15) is 5.60 Å². The fraction of sp³-hybridized carbons (Fsp3) is 0.375. The number of ether oxygens (including phenoxy) is 1. The number of hydrogen-bond acceptors (Lipinski definition) is 5. The maximum absolute atomic E-state index is 12.4. The second-order valence-corrected chi connectivity index (χ2v) is 8.96. The molecule has 0 fully saturated rings. The Bertz CT molecular complexity index is 980. The molecule has 8 nitrogen and oxygen atoms in total. The summed E-state index contributed by atoms with van der Waals surface area (Å²) >= 11 is 3.35. The summed E-state index contributed by atoms with van der Waals surface area (Å²) in [6.07, 6.45) is 0.519. The zero-order valence-corrected chi connectivity index (χ0v) is 17.0. The van der Waals surface area contributed by atoms with Gasteiger partial charge in [0.15, 0.2) is 0 Å². The van der Waals surface area contributed by atoms with E-state index in [1.165, 1.54) is 4.57 Å². The highest BCUT2D eigenvalue weighted by molar-refractivity contribution is 9.10. The van der Waals surface area contributed by atoms with Gasteiger partial charge >= 0.3 is 16.3 Å². The van der Waals surface area contributed by atoms with Gasteiger partial charge in [0.05, 0.1) is 0 Å². The van der Waals surface area contributed by atoms with Crippen molar-refractivity contribution in [3.05, 3.63) is 45.3 Å². The molecule has 0 unspecified atom stereocenters. The van der Waals surface area contributed by atoms with Crippen LogP contribution in [0, 0.1) is 0 Å². The Kier molecular flexibility index (Phi) is 6.09. The Morgan fingerprint density at radius 1 is 1.27 bits per heavy atom. The Hall–Kier alpha value is -1.91. The number of aromatic nitrogens is 1. The minimum atomic E-state index is -4.08. The number of pyridine rings is 1. The molecule has 1 heterocycles. The molecule has 0 aliphatic rings. The number of benzene rings is 1. The van der Waals surface area contributed by atoms with E-state index in [0.29, 0.717) is 5.39 Å². The summed E-state index contributed by atoms with van der Waals surface area (Å²) in [4.78, 5) is 23.9. The number of carbonyl (C=O) groups is 1. The molecule has 142 valence electrons. The number of amides is 1. The molecular weight excluding hydrogens is 426 g/mol. The molecule has 0 saturated carbocycles. The van der Waals surface area contributed by atoms with Gasteiger partial charge in [-0.25, -0.2) is 9.52 Å². The quantitative estimate of drug-likeness (QED) is 0.732. The van der Waals surface area contributed by atoms with Gasteiger partial charge in [-0.1, -0.05) is 15.9 Å². The lowest BCUT2D eigenvalue weighted by Crippen LogP contribution is -2.44. The molecule has 1 aromatic heterocycles. The van der Waals surface area contributed by atoms with Crippen LogP contribution in [0.1, 0.15) is 20.8 Å². The first-order chi connectivity index (χ1) is 12.0. The maximum atomic E-state index is 12.4. The largest absolute Gasteiger partial charge is 0.443 e. The van der Waals surface area contributed by atoms with Crippen LogP contribution in [0.5, 0.6) is 0 Å². The van der Waals surface area contributed by atoms with Crippen LogP contribution in [0.2, 0.25) is 0 Å². The van der Waals surface area contributed by atoms with E-state index in [2.05, 4.69) is 20.7 Å². The summed E-state index contributed by atoms with van der Waals surface area (Å²) in [5, 5.41) is 1.32. The first kappa shape index (κ1) is 20.4. The van der Waals surface area contributed by atoms with E-state index in [0.717, 1.165) is 9.86 Å². The first-order valence-corrected chi connectivity index (χ1v) is 10.0. The van der Waals surface area contributed by atoms with Crippen molar-refractivity contribution in [3.63, 3.8) is 0 Å². The number of nitrogens with one attached hydrogen (secondary N) is 2. The molecular formula is C16H20BrN3O5S. The first-order valence-electron chi connectivity index (χ1n) is 7.76. The molecule has 0 bridgehead atoms. The zero-order valence-electron chi connectivity index (χ0n) is 14.6. The lowest BCUT2D eigenvalue weighted by Gasteiger charge is -2.19. The Morgan fingerprint density at radius 3 is 2.62 bits per heavy atom. The summed E-state index contributed by atoms with van der Waals surface area (Å²) in [6, 6.07) is 7.07. The topological polar surface area (TPSA) is 106 Å². The van der Waals surface area contributed by atoms with E-state index in [4.69, 9.17) is 4.74 Å². The van der Waals surface area contributed by atoms with Crippen LogP contribution < -0.4 is 15.0 Å². The SMILES string of the molecule is CC(C)(C)OC(=O)NS(=O)(=O)NCCn1ccc2cc(Br)ccc2c1=O. The van der Waals surface area contributed by atoms with Crippen molar-refractivity contribution in [2.75, 3.05) is 6.54 Å². The second kappa shape index (κ2) is 7.77. The minimum Gasteiger partial charge on any atom is -0.443 e. The van der Waals surface area contributed by atoms with E-state index < -0.39 is 21.9 Å². The molecule has 1 aromatic carbocycles. The fourth-order valence-electron chi connectivity index (χ4n) is 2.18. The van der Waals surface area contributed by atoms with Crippen LogP contribution in [-0.4, -0.2) is 31.2 Å². The summed E-state index contributed by atoms with van der Waals surface area (Å²) in [5.41, 5.74) is -1.04. The highest BCUT2D eigenvalue weighted by Crippen LogP contribution is 2.16. The number of halogens is 1. The highest BCUT2D eigenvalue weighted by atomic mass is 79.9. The van der Waals surface area contributed by atoms with E-state index in [1.54, 1.807) is 49.9 Å². The van der Waals surface area contributed by atoms with E-state index in [9.17, 15) is 18.0 Å². The van der Waals surface area contributed by atoms with Gasteiger partial charge in [0.2, 0.25) is 0 Å². The zero-order chi connectivity index (χ0) is 19.5. The van der Waals surface area contributed by atoms with Crippen LogP contribution >= 0.6 is 15.9 Å². The summed E-state index contributed by atoms with van der Waals surface area (Å²) < 4.78 is 34.8. The van der Waals surface area contributed by atoms with Crippen LogP contribution in [0.25, 0.3) is 10.8 Å². The van der Waals surface area contributed by atoms with Crippen LogP contribution in [0.3, 0.4) is 0 Å². The summed E-state index contributed by atoms with van der Waals surface area (Å²) in [6.45, 7) is 4.91. The van der Waals surface area contributed by atoms with Gasteiger partial charge in [0.25, 0.3) is 5.56 Å². The van der Waals surface area contributed by atoms with Crippen molar-refractivity contribution in [2.24, 2.45) is 0 Å². The highest BCUT2D eigenvalue weighted by Gasteiger charge is 2.20. The molecule has 0 saturated heterocycles. The third kappa shape index (κ3) is 5.82. The lowest BCUT2D eigenvalue weighted by atomic mass is 10.2. The molecule has 0 atom stereocenters. The summed E-state index contributed by atoms with van der Waals surface area (Å²) in [7, 11) is -4.08. The van der Waals surface area contributed by atoms with Crippen LogP contribution in [0.15, 0.2) is 39.7 Å². The number of rotatable bonds is 5. The predicted octanol–water partition coefficient (Wildman–Crippen LogP) is 2.12.